The van der Waals surface area contributed by atoms with Gasteiger partial charge in [0.05, 0.1) is 12.1 Å². The maximum Gasteiger partial charge on any atom is 0.419 e. The number of nitrogens with zero attached hydrogens (tertiary/aromatic N) is 1. The summed E-state index contributed by atoms with van der Waals surface area (Å²) in [5, 5.41) is 9.60. The fourth-order valence-electron chi connectivity index (χ4n) is 3.87. The number of aliphatic carboxylic acids is 1. The molecule has 1 atom stereocenters. The van der Waals surface area contributed by atoms with Crippen LogP contribution < -0.4 is 4.74 Å². The van der Waals surface area contributed by atoms with Crippen molar-refractivity contribution in [3.8, 4) is 5.75 Å². The van der Waals surface area contributed by atoms with Crippen LogP contribution in [0, 0.1) is 5.92 Å². The first-order valence-corrected chi connectivity index (χ1v) is 9.34. The normalized spacial score (nSPS) is 19.5. The molecule has 0 spiro atoms. The van der Waals surface area contributed by atoms with Crippen LogP contribution in [0.4, 0.5) is 13.2 Å². The van der Waals surface area contributed by atoms with Crippen molar-refractivity contribution in [3.63, 3.8) is 0 Å². The van der Waals surface area contributed by atoms with Gasteiger partial charge in [-0.1, -0.05) is 44.2 Å². The van der Waals surface area contributed by atoms with Gasteiger partial charge in [0.1, 0.15) is 17.6 Å². The first-order valence-electron chi connectivity index (χ1n) is 9.34. The van der Waals surface area contributed by atoms with Crippen molar-refractivity contribution in [1.29, 1.82) is 0 Å². The molecule has 2 aliphatic rings. The van der Waals surface area contributed by atoms with Gasteiger partial charge in [0.25, 0.3) is 5.91 Å². The number of carboxylic acids is 1. The molecular weight excluding hydrogens is 375 g/mol. The van der Waals surface area contributed by atoms with Gasteiger partial charge < -0.3 is 14.7 Å². The number of ether oxygens (including phenoxy) is 1. The molecule has 1 amide bonds. The lowest BCUT2D eigenvalue weighted by Gasteiger charge is -2.30. The lowest BCUT2D eigenvalue weighted by atomic mass is 9.84. The molecule has 5 nitrogen and oxygen atoms in total. The fraction of sp³-hybridized carbons (Fsp3) is 0.500. The van der Waals surface area contributed by atoms with Crippen molar-refractivity contribution < 1.29 is 32.6 Å². The van der Waals surface area contributed by atoms with E-state index in [1.807, 2.05) is 0 Å². The second-order valence-corrected chi connectivity index (χ2v) is 7.27. The number of para-hydroxylation sites is 1. The van der Waals surface area contributed by atoms with E-state index in [0.29, 0.717) is 6.42 Å². The van der Waals surface area contributed by atoms with E-state index in [0.717, 1.165) is 44.2 Å². The zero-order chi connectivity index (χ0) is 20.3. The molecule has 0 radical (unpaired) electrons. The van der Waals surface area contributed by atoms with Gasteiger partial charge in [-0.3, -0.25) is 4.79 Å². The van der Waals surface area contributed by atoms with Crippen molar-refractivity contribution in [1.82, 2.24) is 4.90 Å². The second-order valence-electron chi connectivity index (χ2n) is 7.27. The molecule has 1 saturated carbocycles. The molecule has 1 aromatic rings. The maximum atomic E-state index is 13.1. The molecule has 1 heterocycles. The van der Waals surface area contributed by atoms with E-state index in [1.54, 1.807) is 0 Å². The molecule has 0 bridgehead atoms. The maximum absolute atomic E-state index is 13.1. The van der Waals surface area contributed by atoms with Crippen molar-refractivity contribution in [2.75, 3.05) is 6.54 Å². The number of carboxylic acid groups (broad SMARTS) is 1. The Bertz CT molecular complexity index is 769. The van der Waals surface area contributed by atoms with Crippen LogP contribution in [0.2, 0.25) is 0 Å². The average molecular weight is 397 g/mol. The standard InChI is InChI=1S/C20H22F3NO4/c21-20(22,23)15-8-4-5-9-17(15)28-14-11-18(25)24(12-14)16(19(26)27)10-13-6-2-1-3-7-13/h4-5,8-9,11,13,16H,1-3,6-7,10,12H2,(H,26,27). The van der Waals surface area contributed by atoms with Gasteiger partial charge >= 0.3 is 12.1 Å². The third-order valence-electron chi connectivity index (χ3n) is 5.27. The van der Waals surface area contributed by atoms with Crippen LogP contribution in [0.25, 0.3) is 0 Å². The number of hydrogen-bond donors (Lipinski definition) is 1. The van der Waals surface area contributed by atoms with Crippen LogP contribution in [0.3, 0.4) is 0 Å². The summed E-state index contributed by atoms with van der Waals surface area (Å²) in [4.78, 5) is 25.2. The molecule has 0 saturated heterocycles. The van der Waals surface area contributed by atoms with Gasteiger partial charge in [0.2, 0.25) is 0 Å². The number of amides is 1. The lowest BCUT2D eigenvalue weighted by Crippen LogP contribution is -2.44. The Kier molecular flexibility index (Phi) is 5.96. The smallest absolute Gasteiger partial charge is 0.419 e. The minimum Gasteiger partial charge on any atom is -0.480 e. The SMILES string of the molecule is O=C(O)C(CC1CCCCC1)N1CC(Oc2ccccc2C(F)(F)F)=CC1=O. The van der Waals surface area contributed by atoms with Crippen LogP contribution >= 0.6 is 0 Å². The molecule has 8 heteroatoms. The van der Waals surface area contributed by atoms with E-state index in [9.17, 15) is 27.9 Å². The van der Waals surface area contributed by atoms with Gasteiger partial charge in [-0.25, -0.2) is 4.79 Å². The summed E-state index contributed by atoms with van der Waals surface area (Å²) in [6.07, 6.45) is 1.92. The number of carbonyl (C=O) groups excluding carboxylic acids is 1. The number of halogens is 3. The minimum absolute atomic E-state index is 0.0107. The van der Waals surface area contributed by atoms with Crippen LogP contribution in [0.1, 0.15) is 44.1 Å². The van der Waals surface area contributed by atoms with E-state index >= 15 is 0 Å². The molecule has 3 rings (SSSR count). The molecule has 1 unspecified atom stereocenters. The molecule has 0 aromatic heterocycles. The van der Waals surface area contributed by atoms with Crippen LogP contribution in [0.15, 0.2) is 36.1 Å². The number of rotatable bonds is 6. The predicted molar refractivity (Wildman–Crippen MR) is 94.5 cm³/mol. The van der Waals surface area contributed by atoms with Crippen LogP contribution in [-0.2, 0) is 15.8 Å². The highest BCUT2D eigenvalue weighted by Gasteiger charge is 2.38. The molecule has 1 aliphatic carbocycles. The first kappa shape index (κ1) is 20.2. The number of carbonyl (C=O) groups is 2. The molecule has 1 aromatic carbocycles. The van der Waals surface area contributed by atoms with Crippen molar-refractivity contribution >= 4 is 11.9 Å². The van der Waals surface area contributed by atoms with Crippen molar-refractivity contribution in [2.45, 2.75) is 50.7 Å². The van der Waals surface area contributed by atoms with E-state index < -0.39 is 35.4 Å². The van der Waals surface area contributed by atoms with Crippen molar-refractivity contribution in [3.05, 3.63) is 41.7 Å². The molecule has 1 fully saturated rings. The average Bonchev–Trinajstić information content (AvgIpc) is 2.99. The van der Waals surface area contributed by atoms with Gasteiger partial charge in [0, 0.05) is 6.08 Å². The van der Waals surface area contributed by atoms with Crippen LogP contribution in [-0.4, -0.2) is 34.5 Å². The van der Waals surface area contributed by atoms with E-state index in [1.165, 1.54) is 23.1 Å². The quantitative estimate of drug-likeness (QED) is 0.780. The Labute approximate surface area is 160 Å². The zero-order valence-corrected chi connectivity index (χ0v) is 15.2. The molecular formula is C20H22F3NO4. The third kappa shape index (κ3) is 4.66. The summed E-state index contributed by atoms with van der Waals surface area (Å²) in [5.74, 6) is -1.82. The topological polar surface area (TPSA) is 66.8 Å². The van der Waals surface area contributed by atoms with Crippen molar-refractivity contribution in [2.24, 2.45) is 5.92 Å². The van der Waals surface area contributed by atoms with Gasteiger partial charge in [-0.15, -0.1) is 0 Å². The van der Waals surface area contributed by atoms with Gasteiger partial charge in [-0.2, -0.15) is 13.2 Å². The number of hydrogen-bond acceptors (Lipinski definition) is 3. The van der Waals surface area contributed by atoms with E-state index in [4.69, 9.17) is 4.74 Å². The Morgan fingerprint density at radius 2 is 1.89 bits per heavy atom. The minimum atomic E-state index is -4.59. The lowest BCUT2D eigenvalue weighted by molar-refractivity contribution is -0.148. The largest absolute Gasteiger partial charge is 0.480 e. The molecule has 152 valence electrons. The highest BCUT2D eigenvalue weighted by Crippen LogP contribution is 2.37. The third-order valence-corrected chi connectivity index (χ3v) is 5.27. The second kappa shape index (κ2) is 8.24. The Hall–Kier alpha value is -2.51. The monoisotopic (exact) mass is 397 g/mol. The predicted octanol–water partition coefficient (Wildman–Crippen LogP) is 4.23. The zero-order valence-electron chi connectivity index (χ0n) is 15.2. The summed E-state index contributed by atoms with van der Waals surface area (Å²) >= 11 is 0. The Morgan fingerprint density at radius 3 is 2.54 bits per heavy atom. The Morgan fingerprint density at radius 1 is 1.21 bits per heavy atom. The van der Waals surface area contributed by atoms with Gasteiger partial charge in [0.15, 0.2) is 0 Å². The molecule has 1 aliphatic heterocycles. The molecule has 1 N–H and O–H groups in total. The summed E-state index contributed by atoms with van der Waals surface area (Å²) < 4.78 is 44.7. The fourth-order valence-corrected chi connectivity index (χ4v) is 3.87. The highest BCUT2D eigenvalue weighted by atomic mass is 19.4. The van der Waals surface area contributed by atoms with E-state index in [2.05, 4.69) is 0 Å². The van der Waals surface area contributed by atoms with Gasteiger partial charge in [-0.05, 0) is 24.5 Å². The summed E-state index contributed by atoms with van der Waals surface area (Å²) in [6, 6.07) is 3.72. The summed E-state index contributed by atoms with van der Waals surface area (Å²) in [5.41, 5.74) is -0.946. The Balaban J connectivity index is 1.71. The highest BCUT2D eigenvalue weighted by molar-refractivity contribution is 5.94. The van der Waals surface area contributed by atoms with E-state index in [-0.39, 0.29) is 18.2 Å². The summed E-state index contributed by atoms with van der Waals surface area (Å²) in [7, 11) is 0. The molecule has 28 heavy (non-hydrogen) atoms. The number of alkyl halides is 3. The first-order chi connectivity index (χ1) is 13.3. The van der Waals surface area contributed by atoms with Crippen LogP contribution in [0.5, 0.6) is 5.75 Å². The summed E-state index contributed by atoms with van der Waals surface area (Å²) in [6.45, 7) is -0.158. The number of benzene rings is 1.